The van der Waals surface area contributed by atoms with Crippen molar-refractivity contribution in [3.05, 3.63) is 24.5 Å². The van der Waals surface area contributed by atoms with Gasteiger partial charge in [-0.05, 0) is 6.07 Å². The molecular formula is C8H7N3O3. The molecule has 6 nitrogen and oxygen atoms in total. The maximum Gasteiger partial charge on any atom is 0.341 e. The summed E-state index contributed by atoms with van der Waals surface area (Å²) in [7, 11) is 0. The molecule has 0 unspecified atom stereocenters. The van der Waals surface area contributed by atoms with Crippen LogP contribution in [0, 0.1) is 0 Å². The second kappa shape index (κ2) is 3.33. The third-order valence-electron chi connectivity index (χ3n) is 1.56. The second-order valence-electron chi connectivity index (χ2n) is 2.59. The van der Waals surface area contributed by atoms with Gasteiger partial charge in [0.15, 0.2) is 12.3 Å². The quantitative estimate of drug-likeness (QED) is 0.753. The lowest BCUT2D eigenvalue weighted by molar-refractivity contribution is -0.139. The number of nitrogens with zero attached hydrogens (tertiary/aromatic N) is 3. The van der Waals surface area contributed by atoms with Gasteiger partial charge in [0.25, 0.3) is 0 Å². The maximum absolute atomic E-state index is 10.2. The van der Waals surface area contributed by atoms with Crippen molar-refractivity contribution in [2.45, 2.75) is 0 Å². The summed E-state index contributed by atoms with van der Waals surface area (Å²) in [4.78, 5) is 14.2. The van der Waals surface area contributed by atoms with Crippen LogP contribution in [0.25, 0.3) is 5.65 Å². The molecule has 0 saturated carbocycles. The predicted octanol–water partition coefficient (Wildman–Crippen LogP) is 0.193. The molecule has 14 heavy (non-hydrogen) atoms. The Kier molecular flexibility index (Phi) is 2.02. The Balaban J connectivity index is 2.22. The standard InChI is InChI=1S/C8H7N3O3/c12-8(13)5-14-7-4-6-9-2-1-3-11(6)10-7/h1-4H,5H2,(H,12,13). The van der Waals surface area contributed by atoms with Gasteiger partial charge >= 0.3 is 5.97 Å². The van der Waals surface area contributed by atoms with Gasteiger partial charge in [0, 0.05) is 18.5 Å². The van der Waals surface area contributed by atoms with Crippen LogP contribution in [0.2, 0.25) is 0 Å². The number of carboxylic acid groups (broad SMARTS) is 1. The van der Waals surface area contributed by atoms with Crippen LogP contribution in [0.4, 0.5) is 0 Å². The molecule has 72 valence electrons. The molecule has 0 fully saturated rings. The molecule has 0 spiro atoms. The van der Waals surface area contributed by atoms with E-state index < -0.39 is 12.6 Å². The van der Waals surface area contributed by atoms with Gasteiger partial charge in [0.1, 0.15) is 0 Å². The molecule has 2 aromatic heterocycles. The number of carboxylic acids is 1. The van der Waals surface area contributed by atoms with E-state index >= 15 is 0 Å². The van der Waals surface area contributed by atoms with Crippen molar-refractivity contribution in [3.63, 3.8) is 0 Å². The summed E-state index contributed by atoms with van der Waals surface area (Å²) in [6, 6.07) is 3.30. The number of hydrogen-bond acceptors (Lipinski definition) is 4. The number of fused-ring (bicyclic) bond motifs is 1. The number of aromatic nitrogens is 3. The largest absolute Gasteiger partial charge is 0.479 e. The molecule has 0 aromatic carbocycles. The zero-order valence-electron chi connectivity index (χ0n) is 7.12. The average molecular weight is 193 g/mol. The topological polar surface area (TPSA) is 76.7 Å². The van der Waals surface area contributed by atoms with E-state index in [1.165, 1.54) is 4.52 Å². The van der Waals surface area contributed by atoms with Crippen LogP contribution in [0.5, 0.6) is 5.88 Å². The van der Waals surface area contributed by atoms with Gasteiger partial charge in [0.05, 0.1) is 0 Å². The average Bonchev–Trinajstić information content (AvgIpc) is 2.57. The van der Waals surface area contributed by atoms with E-state index in [9.17, 15) is 4.79 Å². The molecule has 2 heterocycles. The Morgan fingerprint density at radius 3 is 3.21 bits per heavy atom. The summed E-state index contributed by atoms with van der Waals surface area (Å²) in [6.07, 6.45) is 3.33. The van der Waals surface area contributed by atoms with Crippen LogP contribution in [0.1, 0.15) is 0 Å². The molecular weight excluding hydrogens is 186 g/mol. The van der Waals surface area contributed by atoms with Gasteiger partial charge in [-0.15, -0.1) is 5.10 Å². The van der Waals surface area contributed by atoms with Crippen molar-refractivity contribution in [2.75, 3.05) is 6.61 Å². The lowest BCUT2D eigenvalue weighted by Crippen LogP contribution is -2.09. The summed E-state index contributed by atoms with van der Waals surface area (Å²) in [5.74, 6) is -0.777. The molecule has 0 radical (unpaired) electrons. The van der Waals surface area contributed by atoms with Gasteiger partial charge in [-0.1, -0.05) is 0 Å². The normalized spacial score (nSPS) is 10.3. The van der Waals surface area contributed by atoms with Crippen molar-refractivity contribution in [2.24, 2.45) is 0 Å². The van der Waals surface area contributed by atoms with E-state index in [0.717, 1.165) is 0 Å². The summed E-state index contributed by atoms with van der Waals surface area (Å²) < 4.78 is 6.39. The van der Waals surface area contributed by atoms with Crippen molar-refractivity contribution in [3.8, 4) is 5.88 Å². The first-order chi connectivity index (χ1) is 6.75. The van der Waals surface area contributed by atoms with Crippen molar-refractivity contribution >= 4 is 11.6 Å². The zero-order chi connectivity index (χ0) is 9.97. The fraction of sp³-hybridized carbons (Fsp3) is 0.125. The van der Waals surface area contributed by atoms with Gasteiger partial charge < -0.3 is 9.84 Å². The third-order valence-corrected chi connectivity index (χ3v) is 1.56. The van der Waals surface area contributed by atoms with Gasteiger partial charge in [-0.3, -0.25) is 0 Å². The molecule has 0 atom stereocenters. The van der Waals surface area contributed by atoms with Crippen molar-refractivity contribution in [1.29, 1.82) is 0 Å². The molecule has 6 heteroatoms. The van der Waals surface area contributed by atoms with Crippen LogP contribution in [0.15, 0.2) is 24.5 Å². The van der Waals surface area contributed by atoms with Gasteiger partial charge in [-0.2, -0.15) is 0 Å². The van der Waals surface area contributed by atoms with Crippen LogP contribution in [0.3, 0.4) is 0 Å². The molecule has 2 aromatic rings. The lowest BCUT2D eigenvalue weighted by atomic mass is 10.6. The van der Waals surface area contributed by atoms with E-state index in [-0.39, 0.29) is 5.88 Å². The Morgan fingerprint density at radius 1 is 1.64 bits per heavy atom. The van der Waals surface area contributed by atoms with Crippen molar-refractivity contribution < 1.29 is 14.6 Å². The van der Waals surface area contributed by atoms with E-state index in [2.05, 4.69) is 10.1 Å². The van der Waals surface area contributed by atoms with Crippen LogP contribution in [-0.2, 0) is 4.79 Å². The van der Waals surface area contributed by atoms with E-state index in [0.29, 0.717) is 5.65 Å². The van der Waals surface area contributed by atoms with Crippen molar-refractivity contribution in [1.82, 2.24) is 14.6 Å². The molecule has 0 aliphatic rings. The Labute approximate surface area is 78.8 Å². The summed E-state index contributed by atoms with van der Waals surface area (Å²) >= 11 is 0. The third kappa shape index (κ3) is 1.63. The van der Waals surface area contributed by atoms with Crippen LogP contribution < -0.4 is 4.74 Å². The highest BCUT2D eigenvalue weighted by Crippen LogP contribution is 2.09. The van der Waals surface area contributed by atoms with Gasteiger partial charge in [0.2, 0.25) is 5.88 Å². The second-order valence-corrected chi connectivity index (χ2v) is 2.59. The summed E-state index contributed by atoms with van der Waals surface area (Å²) in [5, 5.41) is 12.3. The first-order valence-electron chi connectivity index (χ1n) is 3.91. The van der Waals surface area contributed by atoms with Gasteiger partial charge in [-0.25, -0.2) is 14.3 Å². The highest BCUT2D eigenvalue weighted by Gasteiger charge is 2.04. The first-order valence-corrected chi connectivity index (χ1v) is 3.91. The number of rotatable bonds is 3. The molecule has 1 N–H and O–H groups in total. The monoisotopic (exact) mass is 193 g/mol. The van der Waals surface area contributed by atoms with Crippen LogP contribution in [-0.4, -0.2) is 32.3 Å². The molecule has 0 aliphatic heterocycles. The van der Waals surface area contributed by atoms with E-state index in [4.69, 9.17) is 9.84 Å². The highest BCUT2D eigenvalue weighted by molar-refractivity contribution is 5.68. The maximum atomic E-state index is 10.2. The molecule has 2 rings (SSSR count). The highest BCUT2D eigenvalue weighted by atomic mass is 16.5. The number of hydrogen-bond donors (Lipinski definition) is 1. The summed E-state index contributed by atoms with van der Waals surface area (Å²) in [6.45, 7) is -0.399. The van der Waals surface area contributed by atoms with E-state index in [1.54, 1.807) is 24.5 Å². The van der Waals surface area contributed by atoms with E-state index in [1.807, 2.05) is 0 Å². The fourth-order valence-electron chi connectivity index (χ4n) is 1.01. The smallest absolute Gasteiger partial charge is 0.341 e. The minimum Gasteiger partial charge on any atom is -0.479 e. The number of aliphatic carboxylic acids is 1. The number of carbonyl (C=O) groups is 1. The Morgan fingerprint density at radius 2 is 2.50 bits per heavy atom. The molecule has 0 bridgehead atoms. The summed E-state index contributed by atoms with van der Waals surface area (Å²) in [5.41, 5.74) is 0.618. The number of ether oxygens (including phenoxy) is 1. The first kappa shape index (κ1) is 8.49. The Bertz CT molecular complexity index is 433. The molecule has 0 amide bonds. The van der Waals surface area contributed by atoms with Crippen LogP contribution >= 0.6 is 0 Å². The predicted molar refractivity (Wildman–Crippen MR) is 46.1 cm³/mol. The fourth-order valence-corrected chi connectivity index (χ4v) is 1.01. The Hall–Kier alpha value is -2.11. The SMILES string of the molecule is O=C(O)COc1cc2ncccn2n1. The molecule has 0 aliphatic carbocycles. The lowest BCUT2D eigenvalue weighted by Gasteiger charge is -1.94. The minimum absolute atomic E-state index is 0.256. The minimum atomic E-state index is -1.03. The molecule has 0 saturated heterocycles. The zero-order valence-corrected chi connectivity index (χ0v) is 7.12.